The fourth-order valence-electron chi connectivity index (χ4n) is 2.51. The van der Waals surface area contributed by atoms with Crippen LogP contribution in [0.15, 0.2) is 48.5 Å². The molecule has 0 aliphatic heterocycles. The van der Waals surface area contributed by atoms with E-state index in [2.05, 4.69) is 13.8 Å². The lowest BCUT2D eigenvalue weighted by Crippen LogP contribution is -2.22. The van der Waals surface area contributed by atoms with Gasteiger partial charge in [-0.25, -0.2) is 0 Å². The van der Waals surface area contributed by atoms with E-state index >= 15 is 0 Å². The molecule has 2 aromatic carbocycles. The minimum atomic E-state index is -0.463. The van der Waals surface area contributed by atoms with Crippen molar-refractivity contribution in [3.05, 3.63) is 70.8 Å². The van der Waals surface area contributed by atoms with Crippen molar-refractivity contribution in [2.24, 2.45) is 0 Å². The molecule has 0 atom stereocenters. The number of hydrogen-bond acceptors (Lipinski definition) is 2. The van der Waals surface area contributed by atoms with Gasteiger partial charge in [-0.2, -0.15) is 0 Å². The normalized spacial score (nSPS) is 11.3. The number of benzene rings is 2. The van der Waals surface area contributed by atoms with Crippen molar-refractivity contribution in [3.8, 4) is 0 Å². The Bertz CT molecular complexity index is 631. The van der Waals surface area contributed by atoms with E-state index in [4.69, 9.17) is 23.2 Å². The first-order chi connectivity index (χ1) is 10.4. The maximum absolute atomic E-state index is 11.2. The quantitative estimate of drug-likeness (QED) is 0.707. The summed E-state index contributed by atoms with van der Waals surface area (Å²) in [6.07, 6.45) is 0.870. The van der Waals surface area contributed by atoms with Crippen molar-refractivity contribution in [1.29, 1.82) is 0 Å². The Balaban J connectivity index is 2.42. The summed E-state index contributed by atoms with van der Waals surface area (Å²) in [7, 11) is 0. The Morgan fingerprint density at radius 3 is 1.36 bits per heavy atom. The molecular weight excluding hydrogens is 319 g/mol. The summed E-state index contributed by atoms with van der Waals surface area (Å²) in [5.41, 5.74) is 2.91. The Kier molecular flexibility index (Phi) is 5.05. The number of rotatable bonds is 5. The minimum absolute atomic E-state index is 0.220. The van der Waals surface area contributed by atoms with Gasteiger partial charge in [-0.3, -0.25) is 9.59 Å². The summed E-state index contributed by atoms with van der Waals surface area (Å²) in [4.78, 5) is 22.3. The molecule has 114 valence electrons. The molecule has 0 heterocycles. The van der Waals surface area contributed by atoms with E-state index in [-0.39, 0.29) is 5.41 Å². The lowest BCUT2D eigenvalue weighted by molar-refractivity contribution is 0.107. The van der Waals surface area contributed by atoms with Crippen LogP contribution in [0.25, 0.3) is 0 Å². The molecule has 0 fully saturated rings. The maximum atomic E-state index is 11.2. The number of hydrogen-bond donors (Lipinski definition) is 0. The Labute approximate surface area is 140 Å². The van der Waals surface area contributed by atoms with E-state index in [9.17, 15) is 9.59 Å². The molecule has 0 aliphatic carbocycles. The van der Waals surface area contributed by atoms with Crippen LogP contribution in [-0.4, -0.2) is 10.5 Å². The van der Waals surface area contributed by atoms with Gasteiger partial charge >= 0.3 is 0 Å². The van der Waals surface area contributed by atoms with Gasteiger partial charge in [-0.15, -0.1) is 0 Å². The van der Waals surface area contributed by atoms with Crippen LogP contribution in [-0.2, 0) is 5.41 Å². The third-order valence-electron chi connectivity index (χ3n) is 4.21. The summed E-state index contributed by atoms with van der Waals surface area (Å²) in [6, 6.07) is 14.6. The summed E-state index contributed by atoms with van der Waals surface area (Å²) in [5, 5.41) is -0.926. The van der Waals surface area contributed by atoms with Gasteiger partial charge in [-0.05, 0) is 65.0 Å². The van der Waals surface area contributed by atoms with Crippen LogP contribution in [0.1, 0.15) is 52.1 Å². The third kappa shape index (κ3) is 3.23. The summed E-state index contributed by atoms with van der Waals surface area (Å²) in [6.45, 7) is 4.23. The third-order valence-corrected chi connectivity index (χ3v) is 4.64. The predicted octanol–water partition coefficient (Wildman–Crippen LogP) is 5.16. The van der Waals surface area contributed by atoms with E-state index in [1.54, 1.807) is 24.3 Å². The van der Waals surface area contributed by atoms with E-state index < -0.39 is 10.5 Å². The van der Waals surface area contributed by atoms with E-state index in [1.165, 1.54) is 0 Å². The second-order valence-corrected chi connectivity index (χ2v) is 6.07. The molecule has 0 aromatic heterocycles. The fraction of sp³-hybridized carbons (Fsp3) is 0.222. The standard InChI is InChI=1S/C18H16Cl2O2/c1-3-18(2,14-8-4-12(5-9-14)16(19)21)15-10-6-13(7-11-15)17(20)22/h4-11H,3H2,1-2H3. The molecule has 2 rings (SSSR count). The van der Waals surface area contributed by atoms with Gasteiger partial charge in [0.25, 0.3) is 10.5 Å². The molecule has 4 heteroatoms. The fourth-order valence-corrected chi connectivity index (χ4v) is 2.77. The van der Waals surface area contributed by atoms with Crippen molar-refractivity contribution in [3.63, 3.8) is 0 Å². The first-order valence-electron chi connectivity index (χ1n) is 6.99. The Morgan fingerprint density at radius 2 is 1.14 bits per heavy atom. The summed E-state index contributed by atoms with van der Waals surface area (Å²) in [5.74, 6) is 0. The van der Waals surface area contributed by atoms with E-state index in [1.807, 2.05) is 24.3 Å². The number of halogens is 2. The molecule has 0 amide bonds. The van der Waals surface area contributed by atoms with Crippen LogP contribution < -0.4 is 0 Å². The van der Waals surface area contributed by atoms with Gasteiger partial charge < -0.3 is 0 Å². The van der Waals surface area contributed by atoms with Crippen LogP contribution in [0.3, 0.4) is 0 Å². The highest BCUT2D eigenvalue weighted by molar-refractivity contribution is 6.68. The van der Waals surface area contributed by atoms with Crippen LogP contribution in [0.2, 0.25) is 0 Å². The molecular formula is C18H16Cl2O2. The van der Waals surface area contributed by atoms with Gasteiger partial charge in [0, 0.05) is 16.5 Å². The zero-order valence-electron chi connectivity index (χ0n) is 12.4. The van der Waals surface area contributed by atoms with Crippen molar-refractivity contribution in [1.82, 2.24) is 0 Å². The highest BCUT2D eigenvalue weighted by Gasteiger charge is 2.27. The molecule has 0 radical (unpaired) electrons. The summed E-state index contributed by atoms with van der Waals surface area (Å²) >= 11 is 11.0. The van der Waals surface area contributed by atoms with Gasteiger partial charge in [0.1, 0.15) is 0 Å². The largest absolute Gasteiger partial charge is 0.276 e. The predicted molar refractivity (Wildman–Crippen MR) is 90.0 cm³/mol. The van der Waals surface area contributed by atoms with Crippen LogP contribution >= 0.6 is 23.2 Å². The lowest BCUT2D eigenvalue weighted by Gasteiger charge is -2.30. The Morgan fingerprint density at radius 1 is 0.818 bits per heavy atom. The van der Waals surface area contributed by atoms with Crippen LogP contribution in [0.4, 0.5) is 0 Å². The van der Waals surface area contributed by atoms with Gasteiger partial charge in [0.15, 0.2) is 0 Å². The van der Waals surface area contributed by atoms with Gasteiger partial charge in [-0.1, -0.05) is 38.1 Å². The lowest BCUT2D eigenvalue weighted by atomic mass is 9.74. The van der Waals surface area contributed by atoms with Crippen molar-refractivity contribution in [2.45, 2.75) is 25.7 Å². The SMILES string of the molecule is CCC(C)(c1ccc(C(=O)Cl)cc1)c1ccc(C(=O)Cl)cc1. The number of carbonyl (C=O) groups excluding carboxylic acids is 2. The molecule has 2 nitrogen and oxygen atoms in total. The number of carbonyl (C=O) groups is 2. The van der Waals surface area contributed by atoms with E-state index in [0.717, 1.165) is 17.5 Å². The second kappa shape index (κ2) is 6.64. The topological polar surface area (TPSA) is 34.1 Å². The highest BCUT2D eigenvalue weighted by Crippen LogP contribution is 2.35. The average molecular weight is 335 g/mol. The molecule has 2 aromatic rings. The smallest absolute Gasteiger partial charge is 0.252 e. The van der Waals surface area contributed by atoms with Crippen molar-refractivity contribution < 1.29 is 9.59 Å². The van der Waals surface area contributed by atoms with Crippen molar-refractivity contribution in [2.75, 3.05) is 0 Å². The monoisotopic (exact) mass is 334 g/mol. The maximum Gasteiger partial charge on any atom is 0.252 e. The molecule has 0 spiro atoms. The van der Waals surface area contributed by atoms with Gasteiger partial charge in [0.05, 0.1) is 0 Å². The molecule has 0 saturated carbocycles. The zero-order chi connectivity index (χ0) is 16.3. The average Bonchev–Trinajstić information content (AvgIpc) is 2.54. The molecule has 0 unspecified atom stereocenters. The molecule has 0 saturated heterocycles. The summed E-state index contributed by atoms with van der Waals surface area (Å²) < 4.78 is 0. The van der Waals surface area contributed by atoms with Crippen LogP contribution in [0.5, 0.6) is 0 Å². The Hall–Kier alpha value is -1.64. The minimum Gasteiger partial charge on any atom is -0.276 e. The molecule has 0 aliphatic rings. The van der Waals surface area contributed by atoms with E-state index in [0.29, 0.717) is 11.1 Å². The molecule has 0 bridgehead atoms. The molecule has 22 heavy (non-hydrogen) atoms. The first kappa shape index (κ1) is 16.7. The zero-order valence-corrected chi connectivity index (χ0v) is 13.9. The van der Waals surface area contributed by atoms with Gasteiger partial charge in [0.2, 0.25) is 0 Å². The first-order valence-corrected chi connectivity index (χ1v) is 7.75. The van der Waals surface area contributed by atoms with Crippen LogP contribution in [0, 0.1) is 0 Å². The second-order valence-electron chi connectivity index (χ2n) is 5.39. The molecule has 0 N–H and O–H groups in total. The van der Waals surface area contributed by atoms with Crippen molar-refractivity contribution >= 4 is 33.7 Å². The highest BCUT2D eigenvalue weighted by atomic mass is 35.5.